The van der Waals surface area contributed by atoms with Crippen molar-refractivity contribution in [1.82, 2.24) is 4.90 Å². The number of amides is 1. The molecule has 1 saturated heterocycles. The van der Waals surface area contributed by atoms with Gasteiger partial charge in [-0.25, -0.2) is 0 Å². The van der Waals surface area contributed by atoms with E-state index in [1.54, 1.807) is 0 Å². The molecule has 1 fully saturated rings. The quantitative estimate of drug-likeness (QED) is 0.776. The van der Waals surface area contributed by atoms with Crippen LogP contribution in [0.4, 0.5) is 0 Å². The number of nitrogens with zero attached hydrogens (tertiary/aromatic N) is 1. The van der Waals surface area contributed by atoms with E-state index in [1.807, 2.05) is 4.90 Å². The molecule has 0 N–H and O–H groups in total. The van der Waals surface area contributed by atoms with Gasteiger partial charge in [0.1, 0.15) is 0 Å². The van der Waals surface area contributed by atoms with Crippen molar-refractivity contribution >= 4 is 28.5 Å². The number of carbonyl (C=O) groups is 1. The van der Waals surface area contributed by atoms with Crippen LogP contribution >= 0.6 is 22.6 Å². The summed E-state index contributed by atoms with van der Waals surface area (Å²) in [6.45, 7) is 1.89. The monoisotopic (exact) mass is 333 g/mol. The minimum atomic E-state index is 0.336. The van der Waals surface area contributed by atoms with Gasteiger partial charge in [0.2, 0.25) is 5.91 Å². The molecular formula is C13H16INO. The summed E-state index contributed by atoms with van der Waals surface area (Å²) in [7, 11) is 0. The molecule has 0 saturated carbocycles. The first kappa shape index (κ1) is 11.9. The minimum absolute atomic E-state index is 0.336. The third kappa shape index (κ3) is 3.20. The van der Waals surface area contributed by atoms with Gasteiger partial charge in [-0.1, -0.05) is 12.1 Å². The first-order valence-corrected chi connectivity index (χ1v) is 6.86. The molecule has 0 spiro atoms. The van der Waals surface area contributed by atoms with Gasteiger partial charge in [0, 0.05) is 23.1 Å². The second-order valence-corrected chi connectivity index (χ2v) is 5.46. The standard InChI is InChI=1S/C13H16INO/c14-12-7-5-11(6-8-12)3-1-9-15-10-2-4-13(15)16/h5-8H,1-4,9-10H2/i14+4. The Morgan fingerprint density at radius 1 is 1.25 bits per heavy atom. The summed E-state index contributed by atoms with van der Waals surface area (Å²) in [4.78, 5) is 13.4. The van der Waals surface area contributed by atoms with Gasteiger partial charge in [0.05, 0.1) is 0 Å². The van der Waals surface area contributed by atoms with Gasteiger partial charge < -0.3 is 4.90 Å². The smallest absolute Gasteiger partial charge is 0.222 e. The largest absolute Gasteiger partial charge is 0.343 e. The lowest BCUT2D eigenvalue weighted by atomic mass is 10.1. The van der Waals surface area contributed by atoms with Gasteiger partial charge in [-0.15, -0.1) is 0 Å². The first-order chi connectivity index (χ1) is 7.75. The first-order valence-electron chi connectivity index (χ1n) is 5.78. The summed E-state index contributed by atoms with van der Waals surface area (Å²) in [6, 6.07) is 8.62. The zero-order chi connectivity index (χ0) is 11.4. The van der Waals surface area contributed by atoms with Crippen molar-refractivity contribution in [3.63, 3.8) is 0 Å². The lowest BCUT2D eigenvalue weighted by Gasteiger charge is -2.14. The van der Waals surface area contributed by atoms with Crippen molar-refractivity contribution < 1.29 is 4.79 Å². The molecule has 2 rings (SSSR count). The maximum absolute atomic E-state index is 11.4. The Labute approximate surface area is 110 Å². The van der Waals surface area contributed by atoms with E-state index < -0.39 is 0 Å². The van der Waals surface area contributed by atoms with Gasteiger partial charge in [-0.2, -0.15) is 0 Å². The van der Waals surface area contributed by atoms with Crippen molar-refractivity contribution in [3.05, 3.63) is 33.4 Å². The molecule has 1 heterocycles. The Morgan fingerprint density at radius 2 is 2.00 bits per heavy atom. The Kier molecular flexibility index (Phi) is 4.21. The van der Waals surface area contributed by atoms with Crippen LogP contribution < -0.4 is 0 Å². The lowest BCUT2D eigenvalue weighted by molar-refractivity contribution is -0.127. The second kappa shape index (κ2) is 5.66. The van der Waals surface area contributed by atoms with E-state index >= 15 is 0 Å². The SMILES string of the molecule is O=C1CCCN1CCCc1ccc([131I])cc1. The zero-order valence-electron chi connectivity index (χ0n) is 9.29. The summed E-state index contributed by atoms with van der Waals surface area (Å²) in [5, 5.41) is 0. The molecule has 2 nitrogen and oxygen atoms in total. The fourth-order valence-corrected chi connectivity index (χ4v) is 2.43. The fourth-order valence-electron chi connectivity index (χ4n) is 2.07. The van der Waals surface area contributed by atoms with Crippen LogP contribution in [-0.2, 0) is 11.2 Å². The van der Waals surface area contributed by atoms with Crippen LogP contribution in [0.25, 0.3) is 0 Å². The average molecular weight is 333 g/mol. The molecule has 0 aliphatic carbocycles. The van der Waals surface area contributed by atoms with Crippen LogP contribution in [-0.4, -0.2) is 23.9 Å². The van der Waals surface area contributed by atoms with Crippen LogP contribution in [0.2, 0.25) is 0 Å². The molecule has 3 heteroatoms. The van der Waals surface area contributed by atoms with Crippen LogP contribution in [0.5, 0.6) is 0 Å². The molecule has 1 amide bonds. The summed E-state index contributed by atoms with van der Waals surface area (Å²) < 4.78 is 1.27. The van der Waals surface area contributed by atoms with Crippen molar-refractivity contribution in [2.75, 3.05) is 13.1 Å². The van der Waals surface area contributed by atoms with E-state index in [9.17, 15) is 4.79 Å². The molecular weight excluding hydrogens is 317 g/mol. The predicted octanol–water partition coefficient (Wildman–Crippen LogP) is 2.85. The number of carbonyl (C=O) groups excluding carboxylic acids is 1. The van der Waals surface area contributed by atoms with Crippen LogP contribution in [0.15, 0.2) is 24.3 Å². The molecule has 0 unspecified atom stereocenters. The van der Waals surface area contributed by atoms with Gasteiger partial charge in [-0.3, -0.25) is 4.79 Å². The van der Waals surface area contributed by atoms with Crippen LogP contribution in [0.1, 0.15) is 24.8 Å². The molecule has 16 heavy (non-hydrogen) atoms. The van der Waals surface area contributed by atoms with E-state index in [4.69, 9.17) is 0 Å². The van der Waals surface area contributed by atoms with E-state index in [0.29, 0.717) is 5.91 Å². The predicted molar refractivity (Wildman–Crippen MR) is 73.3 cm³/mol. The molecule has 0 aromatic heterocycles. The van der Waals surface area contributed by atoms with Crippen molar-refractivity contribution in [1.29, 1.82) is 0 Å². The molecule has 1 aromatic rings. The van der Waals surface area contributed by atoms with E-state index in [-0.39, 0.29) is 0 Å². The molecule has 1 aliphatic rings. The van der Waals surface area contributed by atoms with Gasteiger partial charge in [0.15, 0.2) is 0 Å². The van der Waals surface area contributed by atoms with Crippen molar-refractivity contribution in [2.24, 2.45) is 0 Å². The number of benzene rings is 1. The molecule has 1 aliphatic heterocycles. The molecule has 0 radical (unpaired) electrons. The summed E-state index contributed by atoms with van der Waals surface area (Å²) in [6.07, 6.45) is 3.94. The van der Waals surface area contributed by atoms with E-state index in [0.717, 1.165) is 38.8 Å². The van der Waals surface area contributed by atoms with Gasteiger partial charge in [-0.05, 0) is 59.5 Å². The highest BCUT2D eigenvalue weighted by Crippen LogP contribution is 2.12. The summed E-state index contributed by atoms with van der Waals surface area (Å²) in [5.74, 6) is 0.336. The number of hydrogen-bond donors (Lipinski definition) is 0. The summed E-state index contributed by atoms with van der Waals surface area (Å²) >= 11 is 2.31. The van der Waals surface area contributed by atoms with Gasteiger partial charge in [0.25, 0.3) is 0 Å². The zero-order valence-corrected chi connectivity index (χ0v) is 11.4. The number of rotatable bonds is 4. The third-order valence-corrected chi connectivity index (χ3v) is 3.70. The fraction of sp³-hybridized carbons (Fsp3) is 0.462. The highest BCUT2D eigenvalue weighted by atomic mass is 131. The Morgan fingerprint density at radius 3 is 2.62 bits per heavy atom. The highest BCUT2D eigenvalue weighted by Gasteiger charge is 2.18. The Bertz CT molecular complexity index is 361. The topological polar surface area (TPSA) is 20.3 Å². The van der Waals surface area contributed by atoms with Crippen LogP contribution in [0.3, 0.4) is 0 Å². The Hall–Kier alpha value is -0.580. The van der Waals surface area contributed by atoms with Gasteiger partial charge >= 0.3 is 0 Å². The van der Waals surface area contributed by atoms with Crippen molar-refractivity contribution in [3.8, 4) is 0 Å². The molecule has 0 atom stereocenters. The number of likely N-dealkylation sites (tertiary alicyclic amines) is 1. The number of hydrogen-bond acceptors (Lipinski definition) is 1. The maximum atomic E-state index is 11.4. The second-order valence-electron chi connectivity index (χ2n) is 4.21. The lowest BCUT2D eigenvalue weighted by Crippen LogP contribution is -2.25. The maximum Gasteiger partial charge on any atom is 0.222 e. The molecule has 0 bridgehead atoms. The third-order valence-electron chi connectivity index (χ3n) is 2.98. The summed E-state index contributed by atoms with van der Waals surface area (Å²) in [5.41, 5.74) is 1.37. The Balaban J connectivity index is 1.75. The molecule has 86 valence electrons. The molecule has 1 aromatic carbocycles. The van der Waals surface area contributed by atoms with Crippen molar-refractivity contribution in [2.45, 2.75) is 25.7 Å². The minimum Gasteiger partial charge on any atom is -0.343 e. The normalized spacial score (nSPS) is 15.8. The number of halogens is 1. The highest BCUT2D eigenvalue weighted by molar-refractivity contribution is 14.1. The average Bonchev–Trinajstić information content (AvgIpc) is 2.68. The number of aryl methyl sites for hydroxylation is 1. The van der Waals surface area contributed by atoms with E-state index in [1.165, 1.54) is 9.13 Å². The van der Waals surface area contributed by atoms with E-state index in [2.05, 4.69) is 46.9 Å². The van der Waals surface area contributed by atoms with Crippen LogP contribution in [0, 0.1) is 3.57 Å².